The lowest BCUT2D eigenvalue weighted by Crippen LogP contribution is -2.46. The molecule has 206 valence electrons. The van der Waals surface area contributed by atoms with Crippen LogP contribution in [0.4, 0.5) is 5.69 Å². The maximum Gasteiger partial charge on any atom is 0.234 e. The molecular weight excluding hydrogens is 504 g/mol. The molecule has 2 saturated heterocycles. The van der Waals surface area contributed by atoms with Gasteiger partial charge >= 0.3 is 0 Å². The number of aliphatic hydroxyl groups excluding tert-OH is 1. The molecule has 1 spiro atoms. The summed E-state index contributed by atoms with van der Waals surface area (Å²) in [4.78, 5) is 24.3. The number of H-pyrrole nitrogens is 1. The van der Waals surface area contributed by atoms with Crippen LogP contribution in [0.3, 0.4) is 0 Å². The number of anilines is 1. The number of carbonyl (C=O) groups excluding carboxylic acids is 1. The number of aryl methyl sites for hydroxylation is 1. The molecule has 0 radical (unpaired) electrons. The zero-order valence-electron chi connectivity index (χ0n) is 22.7. The van der Waals surface area contributed by atoms with E-state index in [0.717, 1.165) is 66.9 Å². The molecule has 2 fully saturated rings. The Morgan fingerprint density at radius 1 is 1.07 bits per heavy atom. The second kappa shape index (κ2) is 9.96. The number of nitrogens with one attached hydrogen (secondary N) is 1. The third kappa shape index (κ3) is 4.51. The summed E-state index contributed by atoms with van der Waals surface area (Å²) in [6.45, 7) is 4.35. The number of nitrogens with zero attached hydrogens (tertiary/aromatic N) is 7. The first-order chi connectivity index (χ1) is 19.5. The van der Waals surface area contributed by atoms with Crippen molar-refractivity contribution in [1.82, 2.24) is 34.8 Å². The van der Waals surface area contributed by atoms with Gasteiger partial charge < -0.3 is 10.0 Å². The molecule has 10 heteroatoms. The number of aromatic amines is 1. The van der Waals surface area contributed by atoms with E-state index in [1.165, 1.54) is 11.1 Å². The Bertz CT molecular complexity index is 1570. The molecule has 2 aromatic carbocycles. The van der Waals surface area contributed by atoms with Crippen LogP contribution < -0.4 is 4.90 Å². The van der Waals surface area contributed by atoms with Crippen LogP contribution in [-0.2, 0) is 11.8 Å². The summed E-state index contributed by atoms with van der Waals surface area (Å²) in [6.07, 6.45) is 7.76. The summed E-state index contributed by atoms with van der Waals surface area (Å²) in [5.41, 5.74) is 5.07. The van der Waals surface area contributed by atoms with Crippen LogP contribution in [-0.4, -0.2) is 91.3 Å². The number of aromatic nitrogens is 5. The second-order valence-electron chi connectivity index (χ2n) is 11.4. The lowest BCUT2D eigenvalue weighted by Gasteiger charge is -2.33. The quantitative estimate of drug-likeness (QED) is 0.389. The smallest absolute Gasteiger partial charge is 0.234 e. The van der Waals surface area contributed by atoms with E-state index in [-0.39, 0.29) is 11.3 Å². The Morgan fingerprint density at radius 3 is 2.67 bits per heavy atom. The summed E-state index contributed by atoms with van der Waals surface area (Å²) in [5, 5.41) is 23.6. The SMILES string of the molecule is Cn1cnc(-c2ccc(C3=CCN([C@@H](O)CN4CC[C@]5(CCN(c6ccc7[nH]ncc7c6)C5=O)C4)CC3)cc2)n1. The first kappa shape index (κ1) is 25.1. The standard InChI is InChI=1S/C30H34N8O2/c1-35-20-31-28(34-35)23-4-2-21(3-5-23)22-8-12-37(13-9-22)27(39)18-36-14-10-30(19-36)11-15-38(29(30)40)25-6-7-26-24(16-25)17-32-33-26/h2-8,16-17,20,27,39H,9-15,18-19H2,1H3,(H,32,33)/t27-,30-/m0/s1. The van der Waals surface area contributed by atoms with E-state index in [0.29, 0.717) is 19.6 Å². The monoisotopic (exact) mass is 538 g/mol. The number of fused-ring (bicyclic) bond motifs is 1. The topological polar surface area (TPSA) is 106 Å². The average molecular weight is 539 g/mol. The Hall–Kier alpha value is -3.86. The molecule has 3 aliphatic heterocycles. The van der Waals surface area contributed by atoms with Crippen LogP contribution in [0.15, 0.2) is 61.1 Å². The second-order valence-corrected chi connectivity index (χ2v) is 11.4. The molecule has 2 aromatic heterocycles. The summed E-state index contributed by atoms with van der Waals surface area (Å²) in [7, 11) is 1.87. The van der Waals surface area contributed by atoms with E-state index in [1.807, 2.05) is 30.1 Å². The molecular formula is C30H34N8O2. The molecule has 7 rings (SSSR count). The van der Waals surface area contributed by atoms with E-state index in [9.17, 15) is 9.90 Å². The van der Waals surface area contributed by atoms with Gasteiger partial charge in [0.25, 0.3) is 0 Å². The third-order valence-electron chi connectivity index (χ3n) is 8.88. The van der Waals surface area contributed by atoms with Crippen molar-refractivity contribution < 1.29 is 9.90 Å². The molecule has 40 heavy (non-hydrogen) atoms. The minimum absolute atomic E-state index is 0.211. The molecule has 2 atom stereocenters. The van der Waals surface area contributed by atoms with Crippen LogP contribution >= 0.6 is 0 Å². The van der Waals surface area contributed by atoms with Crippen LogP contribution in [0.2, 0.25) is 0 Å². The molecule has 0 bridgehead atoms. The van der Waals surface area contributed by atoms with Crippen LogP contribution in [0.1, 0.15) is 24.8 Å². The zero-order chi connectivity index (χ0) is 27.3. The van der Waals surface area contributed by atoms with Crippen molar-refractivity contribution in [2.24, 2.45) is 12.5 Å². The van der Waals surface area contributed by atoms with E-state index < -0.39 is 6.23 Å². The van der Waals surface area contributed by atoms with Crippen molar-refractivity contribution in [2.75, 3.05) is 44.2 Å². The first-order valence-electron chi connectivity index (χ1n) is 14.0. The fourth-order valence-electron chi connectivity index (χ4n) is 6.53. The van der Waals surface area contributed by atoms with Crippen molar-refractivity contribution in [1.29, 1.82) is 0 Å². The maximum absolute atomic E-state index is 13.6. The highest BCUT2D eigenvalue weighted by atomic mass is 16.3. The molecule has 1 amide bonds. The summed E-state index contributed by atoms with van der Waals surface area (Å²) >= 11 is 0. The lowest BCUT2D eigenvalue weighted by molar-refractivity contribution is -0.125. The number of likely N-dealkylation sites (tertiary alicyclic amines) is 1. The van der Waals surface area contributed by atoms with Crippen molar-refractivity contribution in [3.05, 3.63) is 66.6 Å². The highest BCUT2D eigenvalue weighted by Crippen LogP contribution is 2.42. The van der Waals surface area contributed by atoms with Gasteiger partial charge in [0.05, 0.1) is 17.1 Å². The fourth-order valence-corrected chi connectivity index (χ4v) is 6.53. The molecule has 10 nitrogen and oxygen atoms in total. The molecule has 5 heterocycles. The average Bonchev–Trinajstić information content (AvgIpc) is 3.78. The Morgan fingerprint density at radius 2 is 1.90 bits per heavy atom. The number of hydrogen-bond acceptors (Lipinski definition) is 7. The van der Waals surface area contributed by atoms with E-state index >= 15 is 0 Å². The van der Waals surface area contributed by atoms with Gasteiger partial charge in [0.2, 0.25) is 5.91 Å². The molecule has 3 aliphatic rings. The van der Waals surface area contributed by atoms with Gasteiger partial charge in [-0.05, 0) is 55.1 Å². The van der Waals surface area contributed by atoms with Gasteiger partial charge in [-0.3, -0.25) is 24.4 Å². The Balaban J connectivity index is 0.948. The molecule has 0 aliphatic carbocycles. The molecule has 2 N–H and O–H groups in total. The van der Waals surface area contributed by atoms with E-state index in [4.69, 9.17) is 0 Å². The summed E-state index contributed by atoms with van der Waals surface area (Å²) in [6, 6.07) is 14.4. The number of carbonyl (C=O) groups is 1. The summed E-state index contributed by atoms with van der Waals surface area (Å²) in [5.74, 6) is 0.940. The van der Waals surface area contributed by atoms with Crippen molar-refractivity contribution in [2.45, 2.75) is 25.5 Å². The Labute approximate surface area is 232 Å². The number of amides is 1. The van der Waals surface area contributed by atoms with Crippen LogP contribution in [0, 0.1) is 5.41 Å². The van der Waals surface area contributed by atoms with Crippen LogP contribution in [0.25, 0.3) is 27.9 Å². The van der Waals surface area contributed by atoms with Crippen molar-refractivity contribution >= 4 is 28.1 Å². The number of rotatable bonds is 6. The predicted molar refractivity (Wildman–Crippen MR) is 153 cm³/mol. The highest BCUT2D eigenvalue weighted by Gasteiger charge is 2.51. The molecule has 0 saturated carbocycles. The Kier molecular flexibility index (Phi) is 6.25. The normalized spacial score (nSPS) is 23.0. The van der Waals surface area contributed by atoms with Gasteiger partial charge in [-0.1, -0.05) is 30.3 Å². The van der Waals surface area contributed by atoms with Gasteiger partial charge in [-0.15, -0.1) is 0 Å². The largest absolute Gasteiger partial charge is 0.377 e. The third-order valence-corrected chi connectivity index (χ3v) is 8.88. The van der Waals surface area contributed by atoms with E-state index in [1.54, 1.807) is 17.2 Å². The zero-order valence-corrected chi connectivity index (χ0v) is 22.7. The van der Waals surface area contributed by atoms with Gasteiger partial charge in [0, 0.05) is 56.4 Å². The predicted octanol–water partition coefficient (Wildman–Crippen LogP) is 2.89. The minimum Gasteiger partial charge on any atom is -0.377 e. The fraction of sp³-hybridized carbons (Fsp3) is 0.400. The first-order valence-corrected chi connectivity index (χ1v) is 14.0. The van der Waals surface area contributed by atoms with E-state index in [2.05, 4.69) is 60.4 Å². The number of aliphatic hydroxyl groups is 1. The van der Waals surface area contributed by atoms with Gasteiger partial charge in [-0.25, -0.2) is 4.98 Å². The van der Waals surface area contributed by atoms with Gasteiger partial charge in [-0.2, -0.15) is 10.2 Å². The van der Waals surface area contributed by atoms with Crippen molar-refractivity contribution in [3.63, 3.8) is 0 Å². The highest BCUT2D eigenvalue weighted by molar-refractivity contribution is 6.01. The van der Waals surface area contributed by atoms with Crippen molar-refractivity contribution in [3.8, 4) is 11.4 Å². The maximum atomic E-state index is 13.6. The number of hydrogen-bond donors (Lipinski definition) is 2. The van der Waals surface area contributed by atoms with Crippen LogP contribution in [0.5, 0.6) is 0 Å². The minimum atomic E-state index is -0.554. The van der Waals surface area contributed by atoms with Gasteiger partial charge in [0.15, 0.2) is 5.82 Å². The van der Waals surface area contributed by atoms with Gasteiger partial charge in [0.1, 0.15) is 12.6 Å². The molecule has 4 aromatic rings. The summed E-state index contributed by atoms with van der Waals surface area (Å²) < 4.78 is 1.71. The lowest BCUT2D eigenvalue weighted by atomic mass is 9.85. The number of β-amino-alcohol motifs (C(OH)–C–C–N with tert-alkyl or cyclic N) is 1. The number of benzene rings is 2. The molecule has 0 unspecified atom stereocenters.